The third-order valence-corrected chi connectivity index (χ3v) is 4.62. The Morgan fingerprint density at radius 3 is 1.16 bits per heavy atom. The predicted octanol–water partition coefficient (Wildman–Crippen LogP) is 4.92. The van der Waals surface area contributed by atoms with Crippen molar-refractivity contribution in [1.82, 2.24) is 29.1 Å². The summed E-state index contributed by atoms with van der Waals surface area (Å²) >= 11 is -2.31. The van der Waals surface area contributed by atoms with Crippen LogP contribution in [-0.4, -0.2) is 49.4 Å². The first kappa shape index (κ1) is 26.8. The summed E-state index contributed by atoms with van der Waals surface area (Å²) in [5.41, 5.74) is 6.23. The zero-order valence-corrected chi connectivity index (χ0v) is 25.3. The average Bonchev–Trinajstić information content (AvgIpc) is 3.42. The third-order valence-electron chi connectivity index (χ3n) is 4.62. The second-order valence-electron chi connectivity index (χ2n) is 7.50. The zero-order chi connectivity index (χ0) is 23.1. The summed E-state index contributed by atoms with van der Waals surface area (Å²) in [5.74, 6) is 0. The molecule has 0 unspecified atom stereocenters. The molecule has 0 radical (unpaired) electrons. The van der Waals surface area contributed by atoms with E-state index in [1.807, 2.05) is 34.5 Å². The number of aromatic nitrogens is 6. The second kappa shape index (κ2) is 12.7. The minimum absolute atomic E-state index is 0.226. The monoisotopic (exact) mass is 711 g/mol. The minimum atomic E-state index is -2.31. The van der Waals surface area contributed by atoms with Crippen molar-refractivity contribution in [2.24, 2.45) is 0 Å². The molecule has 1 aliphatic rings. The molecule has 0 bridgehead atoms. The van der Waals surface area contributed by atoms with Crippen LogP contribution in [0.25, 0.3) is 0 Å². The van der Waals surface area contributed by atoms with Gasteiger partial charge < -0.3 is 4.74 Å². The average molecular weight is 713 g/mol. The van der Waals surface area contributed by atoms with Crippen molar-refractivity contribution in [2.75, 3.05) is 13.2 Å². The molecule has 0 spiro atoms. The zero-order valence-electron chi connectivity index (χ0n) is 18.9. The number of ether oxygens (including phenoxy) is 1. The van der Waals surface area contributed by atoms with Gasteiger partial charge in [0.05, 0.1) is 17.1 Å². The molecule has 0 amide bonds. The molecular formula is C19H29BCl3N6OU. The van der Waals surface area contributed by atoms with Crippen LogP contribution in [0.1, 0.15) is 47.0 Å². The van der Waals surface area contributed by atoms with Gasteiger partial charge in [-0.05, 0) is 72.6 Å². The third kappa shape index (κ3) is 8.14. The normalized spacial score (nSPS) is 12.7. The molecule has 169 valence electrons. The fraction of sp³-hybridized carbons (Fsp3) is 0.526. The maximum absolute atomic E-state index is 5.03. The summed E-state index contributed by atoms with van der Waals surface area (Å²) in [4.78, 5) is 0. The molecule has 3 aromatic heterocycles. The maximum atomic E-state index is 5.03. The van der Waals surface area contributed by atoms with Crippen LogP contribution in [0.15, 0.2) is 18.2 Å². The first-order valence-corrected chi connectivity index (χ1v) is 25.4. The molecule has 1 saturated heterocycles. The van der Waals surface area contributed by atoms with Crippen LogP contribution in [-0.2, 0) is 4.74 Å². The Balaban J connectivity index is 0.000000317. The van der Waals surface area contributed by atoms with Crippen LogP contribution >= 0.6 is 22.9 Å². The SMILES string of the molecule is C1CCOC1.Cc1cc(C)n(B(n2nc(C)cc2C)n2nc(C)cc2C)n1.[Cl][U]([Cl])[Cl]. The van der Waals surface area contributed by atoms with E-state index in [1.54, 1.807) is 0 Å². The van der Waals surface area contributed by atoms with Crippen molar-refractivity contribution in [3.63, 3.8) is 0 Å². The van der Waals surface area contributed by atoms with Crippen LogP contribution in [0.2, 0.25) is 0 Å². The Hall–Kier alpha value is -0.423. The number of nitrogens with zero attached hydrogens (tertiary/aromatic N) is 6. The molecule has 0 atom stereocenters. The van der Waals surface area contributed by atoms with Gasteiger partial charge in [0.2, 0.25) is 0 Å². The molecule has 0 N–H and O–H groups in total. The van der Waals surface area contributed by atoms with E-state index in [0.717, 1.165) is 47.4 Å². The molecule has 31 heavy (non-hydrogen) atoms. The fourth-order valence-corrected chi connectivity index (χ4v) is 3.46. The van der Waals surface area contributed by atoms with Crippen molar-refractivity contribution < 1.29 is 26.8 Å². The van der Waals surface area contributed by atoms with Crippen LogP contribution in [0.5, 0.6) is 0 Å². The molecule has 0 saturated carbocycles. The summed E-state index contributed by atoms with van der Waals surface area (Å²) < 4.78 is 10.9. The van der Waals surface area contributed by atoms with Crippen molar-refractivity contribution in [3.8, 4) is 0 Å². The number of hydrogen-bond acceptors (Lipinski definition) is 4. The Morgan fingerprint density at radius 1 is 0.710 bits per heavy atom. The molecule has 0 aliphatic carbocycles. The van der Waals surface area contributed by atoms with Crippen LogP contribution in [0.4, 0.5) is 0 Å². The van der Waals surface area contributed by atoms with Gasteiger partial charge in [0.25, 0.3) is 0 Å². The van der Waals surface area contributed by atoms with E-state index >= 15 is 0 Å². The van der Waals surface area contributed by atoms with E-state index in [-0.39, 0.29) is 7.12 Å². The Kier molecular flexibility index (Phi) is 11.0. The summed E-state index contributed by atoms with van der Waals surface area (Å²) in [6, 6.07) is 6.22. The van der Waals surface area contributed by atoms with E-state index in [1.165, 1.54) is 12.8 Å². The molecule has 1 aliphatic heterocycles. The van der Waals surface area contributed by atoms with Gasteiger partial charge in [0.1, 0.15) is 0 Å². The number of halogens is 3. The van der Waals surface area contributed by atoms with Gasteiger partial charge in [0, 0.05) is 30.3 Å². The standard InChI is InChI=1S/C15H21BN6.C4H8O.3ClH.U/c1-10-7-13(4)20(17-10)16(21-14(5)8-11(2)18-21)22-15(6)9-12(3)19-22;1-2-4-5-3-1;;;;/h7-9H,1-6H3;1-4H2;3*1H;/q;;;;;+3/p-3. The van der Waals surface area contributed by atoms with Crippen molar-refractivity contribution in [3.05, 3.63) is 52.4 Å². The molecule has 3 aromatic rings. The molecular weight excluding hydrogens is 683 g/mol. The van der Waals surface area contributed by atoms with Gasteiger partial charge in [-0.1, -0.05) is 0 Å². The number of aryl methyl sites for hydroxylation is 6. The van der Waals surface area contributed by atoms with E-state index in [0.29, 0.717) is 0 Å². The van der Waals surface area contributed by atoms with Crippen LogP contribution < -0.4 is 0 Å². The van der Waals surface area contributed by atoms with Crippen LogP contribution in [0, 0.1) is 63.6 Å². The van der Waals surface area contributed by atoms with E-state index in [9.17, 15) is 0 Å². The quantitative estimate of drug-likeness (QED) is 0.362. The molecule has 0 aromatic carbocycles. The first-order chi connectivity index (χ1) is 14.6. The van der Waals surface area contributed by atoms with E-state index < -0.39 is 22.1 Å². The molecule has 4 rings (SSSR count). The summed E-state index contributed by atoms with van der Waals surface area (Å²) in [7, 11) is 14.9. The summed E-state index contributed by atoms with van der Waals surface area (Å²) in [6.45, 7) is 14.2. The molecule has 1 fully saturated rings. The van der Waals surface area contributed by atoms with Gasteiger partial charge in [-0.15, -0.1) is 0 Å². The Labute approximate surface area is 204 Å². The number of hydrogen-bond donors (Lipinski definition) is 0. The summed E-state index contributed by atoms with van der Waals surface area (Å²) in [6.07, 6.45) is 2.56. The van der Waals surface area contributed by atoms with Gasteiger partial charge in [-0.3, -0.25) is 13.8 Å². The van der Waals surface area contributed by atoms with E-state index in [4.69, 9.17) is 27.6 Å². The first-order valence-electron chi connectivity index (χ1n) is 10.1. The molecule has 7 nitrogen and oxygen atoms in total. The van der Waals surface area contributed by atoms with Crippen LogP contribution in [0.3, 0.4) is 0 Å². The van der Waals surface area contributed by atoms with E-state index in [2.05, 4.69) is 54.3 Å². The van der Waals surface area contributed by atoms with Crippen molar-refractivity contribution in [2.45, 2.75) is 54.4 Å². The topological polar surface area (TPSA) is 62.7 Å². The Bertz CT molecular complexity index is 850. The summed E-state index contributed by atoms with van der Waals surface area (Å²) in [5, 5.41) is 14.0. The van der Waals surface area contributed by atoms with Gasteiger partial charge in [-0.2, -0.15) is 15.3 Å². The van der Waals surface area contributed by atoms with Gasteiger partial charge in [0.15, 0.2) is 0 Å². The number of rotatable bonds is 3. The van der Waals surface area contributed by atoms with Crippen molar-refractivity contribution >= 4 is 30.0 Å². The fourth-order valence-electron chi connectivity index (χ4n) is 3.46. The molecule has 4 heterocycles. The van der Waals surface area contributed by atoms with Crippen molar-refractivity contribution in [1.29, 1.82) is 0 Å². The Morgan fingerprint density at radius 2 is 1.00 bits per heavy atom. The van der Waals surface area contributed by atoms with Gasteiger partial charge in [-0.25, -0.2) is 0 Å². The second-order valence-corrected chi connectivity index (χ2v) is 25.3. The molecule has 12 heteroatoms. The van der Waals surface area contributed by atoms with Gasteiger partial charge >= 0.3 is 52.0 Å². The predicted molar refractivity (Wildman–Crippen MR) is 125 cm³/mol.